The summed E-state index contributed by atoms with van der Waals surface area (Å²) in [6, 6.07) is 19.3. The van der Waals surface area contributed by atoms with E-state index in [2.05, 4.69) is 15.8 Å². The van der Waals surface area contributed by atoms with Gasteiger partial charge in [-0.05, 0) is 66.6 Å². The lowest BCUT2D eigenvalue weighted by Gasteiger charge is -2.08. The largest absolute Gasteiger partial charge is 0.454 e. The molecule has 0 bridgehead atoms. The van der Waals surface area contributed by atoms with E-state index in [1.165, 1.54) is 6.21 Å². The third kappa shape index (κ3) is 4.30. The Bertz CT molecular complexity index is 1120. The topological polar surface area (TPSA) is 89.0 Å². The fourth-order valence-electron chi connectivity index (χ4n) is 2.95. The molecule has 0 aliphatic carbocycles. The smallest absolute Gasteiger partial charge is 0.271 e. The van der Waals surface area contributed by atoms with Gasteiger partial charge < -0.3 is 14.8 Å². The fraction of sp³-hybridized carbons (Fsp3) is 0.0870. The Balaban J connectivity index is 1.35. The van der Waals surface area contributed by atoms with Gasteiger partial charge in [-0.15, -0.1) is 0 Å². The molecule has 1 heterocycles. The number of nitrogens with zero attached hydrogens (tertiary/aromatic N) is 1. The number of anilines is 1. The molecule has 7 heteroatoms. The summed E-state index contributed by atoms with van der Waals surface area (Å²) in [4.78, 5) is 24.6. The molecule has 1 aliphatic rings. The van der Waals surface area contributed by atoms with E-state index < -0.39 is 0 Å². The maximum Gasteiger partial charge on any atom is 0.271 e. The predicted molar refractivity (Wildman–Crippen MR) is 113 cm³/mol. The summed E-state index contributed by atoms with van der Waals surface area (Å²) in [5.74, 6) is 0.779. The third-order valence-corrected chi connectivity index (χ3v) is 4.57. The van der Waals surface area contributed by atoms with Gasteiger partial charge in [0.15, 0.2) is 11.5 Å². The van der Waals surface area contributed by atoms with Gasteiger partial charge in [0.2, 0.25) is 6.79 Å². The molecule has 0 radical (unpaired) electrons. The number of aryl methyl sites for hydroxylation is 1. The lowest BCUT2D eigenvalue weighted by Crippen LogP contribution is -2.18. The Hall–Kier alpha value is -4.13. The number of carbonyl (C=O) groups is 2. The van der Waals surface area contributed by atoms with Gasteiger partial charge in [0.25, 0.3) is 11.8 Å². The first-order valence-electron chi connectivity index (χ1n) is 9.30. The molecule has 0 saturated heterocycles. The number of hydrogen-bond donors (Lipinski definition) is 2. The van der Waals surface area contributed by atoms with Gasteiger partial charge in [-0.3, -0.25) is 9.59 Å². The van der Waals surface area contributed by atoms with Crippen LogP contribution in [-0.2, 0) is 0 Å². The van der Waals surface area contributed by atoms with E-state index in [0.29, 0.717) is 28.3 Å². The Kier molecular flexibility index (Phi) is 5.43. The first kappa shape index (κ1) is 19.2. The quantitative estimate of drug-likeness (QED) is 0.504. The predicted octanol–water partition coefficient (Wildman–Crippen LogP) is 3.74. The van der Waals surface area contributed by atoms with Crippen LogP contribution in [0.1, 0.15) is 31.8 Å². The molecule has 2 N–H and O–H groups in total. The van der Waals surface area contributed by atoms with Crippen molar-refractivity contribution >= 4 is 23.7 Å². The second-order valence-corrected chi connectivity index (χ2v) is 6.66. The molecule has 1 aliphatic heterocycles. The van der Waals surface area contributed by atoms with Crippen molar-refractivity contribution in [1.82, 2.24) is 5.43 Å². The minimum Gasteiger partial charge on any atom is -0.454 e. The summed E-state index contributed by atoms with van der Waals surface area (Å²) in [5.41, 5.74) is 5.78. The number of nitrogens with one attached hydrogen (secondary N) is 2. The highest BCUT2D eigenvalue weighted by Crippen LogP contribution is 2.31. The van der Waals surface area contributed by atoms with Crippen LogP contribution in [-0.4, -0.2) is 24.8 Å². The third-order valence-electron chi connectivity index (χ3n) is 4.57. The van der Waals surface area contributed by atoms with Crippen molar-refractivity contribution in [3.8, 4) is 11.5 Å². The van der Waals surface area contributed by atoms with Gasteiger partial charge in [0.1, 0.15) is 0 Å². The SMILES string of the molecule is Cc1ccccc1C(=O)Nc1ccc(C(=O)NN=Cc2ccc3c(c2)OCO3)cc1. The number of amides is 2. The van der Waals surface area contributed by atoms with Crippen molar-refractivity contribution in [2.45, 2.75) is 6.92 Å². The Morgan fingerprint density at radius 3 is 2.50 bits per heavy atom. The number of ether oxygens (including phenoxy) is 2. The number of hydrogen-bond acceptors (Lipinski definition) is 5. The molecule has 7 nitrogen and oxygen atoms in total. The first-order chi connectivity index (χ1) is 14.6. The second-order valence-electron chi connectivity index (χ2n) is 6.66. The van der Waals surface area contributed by atoms with E-state index in [-0.39, 0.29) is 18.6 Å². The van der Waals surface area contributed by atoms with Crippen LogP contribution >= 0.6 is 0 Å². The molecule has 150 valence electrons. The van der Waals surface area contributed by atoms with Crippen molar-refractivity contribution < 1.29 is 19.1 Å². The van der Waals surface area contributed by atoms with Gasteiger partial charge in [-0.1, -0.05) is 18.2 Å². The standard InChI is InChI=1S/C23H19N3O4/c1-15-4-2-3-5-19(15)23(28)25-18-9-7-17(8-10-18)22(27)26-24-13-16-6-11-20-21(12-16)30-14-29-20/h2-13H,14H2,1H3,(H,25,28)(H,26,27). The van der Waals surface area contributed by atoms with Crippen LogP contribution < -0.4 is 20.2 Å². The maximum atomic E-state index is 12.4. The molecule has 0 aromatic heterocycles. The minimum absolute atomic E-state index is 0.196. The van der Waals surface area contributed by atoms with Gasteiger partial charge in [0, 0.05) is 16.8 Å². The second kappa shape index (κ2) is 8.48. The Morgan fingerprint density at radius 1 is 0.933 bits per heavy atom. The highest BCUT2D eigenvalue weighted by Gasteiger charge is 2.13. The first-order valence-corrected chi connectivity index (χ1v) is 9.30. The van der Waals surface area contributed by atoms with Crippen molar-refractivity contribution in [1.29, 1.82) is 0 Å². The lowest BCUT2D eigenvalue weighted by atomic mass is 10.1. The number of fused-ring (bicyclic) bond motifs is 1. The molecule has 3 aromatic rings. The summed E-state index contributed by atoms with van der Waals surface area (Å²) in [6.45, 7) is 2.08. The molecule has 0 unspecified atom stereocenters. The molecule has 30 heavy (non-hydrogen) atoms. The van der Waals surface area contributed by atoms with Crippen LogP contribution in [0.25, 0.3) is 0 Å². The average Bonchev–Trinajstić information content (AvgIpc) is 3.22. The van der Waals surface area contributed by atoms with Crippen LogP contribution in [0.2, 0.25) is 0 Å². The molecule has 4 rings (SSSR count). The maximum absolute atomic E-state index is 12.4. The molecule has 3 aromatic carbocycles. The van der Waals surface area contributed by atoms with Crippen LogP contribution in [0, 0.1) is 6.92 Å². The van der Waals surface area contributed by atoms with E-state index in [9.17, 15) is 9.59 Å². The molecule has 0 spiro atoms. The van der Waals surface area contributed by atoms with Crippen molar-refractivity contribution in [3.05, 3.63) is 89.0 Å². The normalized spacial score (nSPS) is 12.0. The van der Waals surface area contributed by atoms with Crippen LogP contribution in [0.4, 0.5) is 5.69 Å². The van der Waals surface area contributed by atoms with Gasteiger partial charge in [0.05, 0.1) is 6.21 Å². The van der Waals surface area contributed by atoms with Gasteiger partial charge in [-0.2, -0.15) is 5.10 Å². The number of rotatable bonds is 5. The zero-order chi connectivity index (χ0) is 20.9. The summed E-state index contributed by atoms with van der Waals surface area (Å²) >= 11 is 0. The molecule has 0 atom stereocenters. The average molecular weight is 401 g/mol. The molecular weight excluding hydrogens is 382 g/mol. The fourth-order valence-corrected chi connectivity index (χ4v) is 2.95. The molecule has 2 amide bonds. The molecule has 0 fully saturated rings. The van der Waals surface area contributed by atoms with Crippen molar-refractivity contribution in [3.63, 3.8) is 0 Å². The van der Waals surface area contributed by atoms with E-state index in [4.69, 9.17) is 9.47 Å². The van der Waals surface area contributed by atoms with E-state index >= 15 is 0 Å². The number of carbonyl (C=O) groups excluding carboxylic acids is 2. The molecular formula is C23H19N3O4. The summed E-state index contributed by atoms with van der Waals surface area (Å²) < 4.78 is 10.6. The monoisotopic (exact) mass is 401 g/mol. The number of benzene rings is 3. The summed E-state index contributed by atoms with van der Waals surface area (Å²) in [7, 11) is 0. The van der Waals surface area contributed by atoms with Crippen LogP contribution in [0.3, 0.4) is 0 Å². The van der Waals surface area contributed by atoms with E-state index in [0.717, 1.165) is 11.1 Å². The highest BCUT2D eigenvalue weighted by atomic mass is 16.7. The minimum atomic E-state index is -0.358. The zero-order valence-corrected chi connectivity index (χ0v) is 16.2. The van der Waals surface area contributed by atoms with Crippen LogP contribution in [0.5, 0.6) is 11.5 Å². The number of hydrazone groups is 1. The van der Waals surface area contributed by atoms with E-state index in [1.807, 2.05) is 31.2 Å². The molecule has 0 saturated carbocycles. The lowest BCUT2D eigenvalue weighted by molar-refractivity contribution is 0.0954. The highest BCUT2D eigenvalue weighted by molar-refractivity contribution is 6.05. The summed E-state index contributed by atoms with van der Waals surface area (Å²) in [6.07, 6.45) is 1.52. The summed E-state index contributed by atoms with van der Waals surface area (Å²) in [5, 5.41) is 6.80. The van der Waals surface area contributed by atoms with Crippen molar-refractivity contribution in [2.75, 3.05) is 12.1 Å². The van der Waals surface area contributed by atoms with Gasteiger partial charge in [-0.25, -0.2) is 5.43 Å². The van der Waals surface area contributed by atoms with Crippen molar-refractivity contribution in [2.24, 2.45) is 5.10 Å². The van der Waals surface area contributed by atoms with Gasteiger partial charge >= 0.3 is 0 Å². The van der Waals surface area contributed by atoms with E-state index in [1.54, 1.807) is 42.5 Å². The Morgan fingerprint density at radius 2 is 1.70 bits per heavy atom. The van der Waals surface area contributed by atoms with Crippen LogP contribution in [0.15, 0.2) is 71.8 Å². The zero-order valence-electron chi connectivity index (χ0n) is 16.2. The Labute approximate surface area is 173 Å².